The second kappa shape index (κ2) is 21.6. The van der Waals surface area contributed by atoms with Crippen LogP contribution in [0.5, 0.6) is 0 Å². The molecule has 21 heavy (non-hydrogen) atoms. The van der Waals surface area contributed by atoms with Crippen LogP contribution in [0.1, 0.15) is 71.1 Å². The van der Waals surface area contributed by atoms with Crippen LogP contribution < -0.4 is 0 Å². The fourth-order valence-electron chi connectivity index (χ4n) is 1.85. The lowest BCUT2D eigenvalue weighted by molar-refractivity contribution is -0.142. The van der Waals surface area contributed by atoms with Crippen molar-refractivity contribution in [2.75, 3.05) is 26.4 Å². The first-order valence-electron chi connectivity index (χ1n) is 8.20. The maximum absolute atomic E-state index is 10.2. The van der Waals surface area contributed by atoms with E-state index in [2.05, 4.69) is 6.92 Å². The van der Waals surface area contributed by atoms with E-state index in [1.165, 1.54) is 51.4 Å². The number of aliphatic carboxylic acids is 1. The summed E-state index contributed by atoms with van der Waals surface area (Å²) in [6.07, 6.45) is 12.9. The molecular formula is C16H34O5. The molecule has 128 valence electrons. The summed E-state index contributed by atoms with van der Waals surface area (Å²) >= 11 is 0. The average Bonchev–Trinajstić information content (AvgIpc) is 2.48. The first kappa shape index (κ1) is 22.6. The van der Waals surface area contributed by atoms with Crippen molar-refractivity contribution in [3.63, 3.8) is 0 Å². The lowest BCUT2D eigenvalue weighted by Gasteiger charge is -2.02. The van der Waals surface area contributed by atoms with E-state index in [1.54, 1.807) is 0 Å². The number of hydrogen-bond acceptors (Lipinski definition) is 4. The Balaban J connectivity index is 0. The number of rotatable bonds is 14. The molecule has 0 aromatic carbocycles. The smallest absolute Gasteiger partial charge is 0.329 e. The van der Waals surface area contributed by atoms with Crippen LogP contribution in [0.25, 0.3) is 0 Å². The number of aliphatic hydroxyl groups excluding tert-OH is 2. The second-order valence-electron chi connectivity index (χ2n) is 5.08. The van der Waals surface area contributed by atoms with Crippen molar-refractivity contribution in [3.05, 3.63) is 0 Å². The minimum absolute atomic E-state index is 0.125. The number of ether oxygens (including phenoxy) is 1. The molecule has 3 N–H and O–H groups in total. The summed E-state index contributed by atoms with van der Waals surface area (Å²) in [7, 11) is 0. The Kier molecular flexibility index (Phi) is 23.3. The van der Waals surface area contributed by atoms with Crippen LogP contribution >= 0.6 is 0 Å². The summed E-state index contributed by atoms with van der Waals surface area (Å²) in [5, 5.41) is 23.6. The van der Waals surface area contributed by atoms with Gasteiger partial charge in [0.2, 0.25) is 0 Å². The van der Waals surface area contributed by atoms with Gasteiger partial charge in [0.1, 0.15) is 6.61 Å². The Bertz CT molecular complexity index is 195. The molecule has 0 aromatic rings. The Hall–Kier alpha value is -0.650. The van der Waals surface area contributed by atoms with Gasteiger partial charge < -0.3 is 20.1 Å². The SMILES string of the molecule is CCCCCCCCCCCCOCC(=O)O.OCCO. The Morgan fingerprint density at radius 3 is 1.62 bits per heavy atom. The van der Waals surface area contributed by atoms with Gasteiger partial charge in [-0.15, -0.1) is 0 Å². The Morgan fingerprint density at radius 2 is 1.24 bits per heavy atom. The Morgan fingerprint density at radius 1 is 0.810 bits per heavy atom. The predicted molar refractivity (Wildman–Crippen MR) is 84.5 cm³/mol. The maximum atomic E-state index is 10.2. The van der Waals surface area contributed by atoms with E-state index >= 15 is 0 Å². The molecule has 0 aliphatic carbocycles. The molecule has 5 heteroatoms. The van der Waals surface area contributed by atoms with Crippen LogP contribution in [0.3, 0.4) is 0 Å². The van der Waals surface area contributed by atoms with Crippen LogP contribution in [0.15, 0.2) is 0 Å². The summed E-state index contributed by atoms with van der Waals surface area (Å²) in [6.45, 7) is 2.42. The highest BCUT2D eigenvalue weighted by Gasteiger charge is 1.96. The van der Waals surface area contributed by atoms with E-state index < -0.39 is 5.97 Å². The van der Waals surface area contributed by atoms with Gasteiger partial charge >= 0.3 is 5.97 Å². The Labute approximate surface area is 129 Å². The number of carboxylic acids is 1. The highest BCUT2D eigenvalue weighted by Crippen LogP contribution is 2.10. The van der Waals surface area contributed by atoms with Crippen LogP contribution in [0, 0.1) is 0 Å². The van der Waals surface area contributed by atoms with E-state index in [1.807, 2.05) is 0 Å². The van der Waals surface area contributed by atoms with Crippen molar-refractivity contribution in [3.8, 4) is 0 Å². The van der Waals surface area contributed by atoms with Crippen molar-refractivity contribution in [1.29, 1.82) is 0 Å². The fraction of sp³-hybridized carbons (Fsp3) is 0.938. The van der Waals surface area contributed by atoms with Crippen molar-refractivity contribution in [2.24, 2.45) is 0 Å². The fourth-order valence-corrected chi connectivity index (χ4v) is 1.85. The third-order valence-corrected chi connectivity index (χ3v) is 2.97. The molecule has 5 nitrogen and oxygen atoms in total. The number of carbonyl (C=O) groups is 1. The molecule has 0 saturated heterocycles. The molecule has 0 bridgehead atoms. The highest BCUT2D eigenvalue weighted by molar-refractivity contribution is 5.67. The standard InChI is InChI=1S/C14H28O3.C2H6O2/c1-2-3-4-5-6-7-8-9-10-11-12-17-13-14(15)16;3-1-2-4/h2-13H2,1H3,(H,15,16);3-4H,1-2H2. The van der Waals surface area contributed by atoms with Crippen LogP contribution in [-0.4, -0.2) is 47.7 Å². The van der Waals surface area contributed by atoms with Crippen molar-refractivity contribution >= 4 is 5.97 Å². The first-order valence-corrected chi connectivity index (χ1v) is 8.20. The normalized spacial score (nSPS) is 10.0. The summed E-state index contributed by atoms with van der Waals surface area (Å²) < 4.78 is 4.97. The van der Waals surface area contributed by atoms with Crippen LogP contribution in [0.4, 0.5) is 0 Å². The first-order chi connectivity index (χ1) is 10.2. The maximum Gasteiger partial charge on any atom is 0.329 e. The minimum Gasteiger partial charge on any atom is -0.480 e. The van der Waals surface area contributed by atoms with E-state index in [0.717, 1.165) is 12.8 Å². The summed E-state index contributed by atoms with van der Waals surface area (Å²) in [6, 6.07) is 0. The monoisotopic (exact) mass is 306 g/mol. The van der Waals surface area contributed by atoms with Crippen LogP contribution in [-0.2, 0) is 9.53 Å². The number of hydrogen-bond donors (Lipinski definition) is 3. The van der Waals surface area contributed by atoms with E-state index in [9.17, 15) is 4.79 Å². The summed E-state index contributed by atoms with van der Waals surface area (Å²) in [4.78, 5) is 10.2. The highest BCUT2D eigenvalue weighted by atomic mass is 16.5. The number of carboxylic acid groups (broad SMARTS) is 1. The lowest BCUT2D eigenvalue weighted by Crippen LogP contribution is -2.07. The zero-order chi connectivity index (χ0) is 16.2. The van der Waals surface area contributed by atoms with E-state index in [-0.39, 0.29) is 19.8 Å². The molecule has 0 amide bonds. The second-order valence-corrected chi connectivity index (χ2v) is 5.08. The molecule has 0 heterocycles. The largest absolute Gasteiger partial charge is 0.480 e. The number of unbranched alkanes of at least 4 members (excludes halogenated alkanes) is 9. The van der Waals surface area contributed by atoms with Gasteiger partial charge in [0.05, 0.1) is 13.2 Å². The molecule has 0 atom stereocenters. The zero-order valence-corrected chi connectivity index (χ0v) is 13.6. The molecule has 0 radical (unpaired) electrons. The van der Waals surface area contributed by atoms with Gasteiger partial charge in [-0.05, 0) is 6.42 Å². The molecule has 0 fully saturated rings. The molecule has 0 aromatic heterocycles. The molecule has 0 spiro atoms. The van der Waals surface area contributed by atoms with Crippen molar-refractivity contribution in [2.45, 2.75) is 71.1 Å². The molecule has 0 unspecified atom stereocenters. The number of aliphatic hydroxyl groups is 2. The molecule has 0 rings (SSSR count). The summed E-state index contributed by atoms with van der Waals surface area (Å²) in [5.74, 6) is -0.878. The molecule has 0 saturated carbocycles. The van der Waals surface area contributed by atoms with Gasteiger partial charge in [0, 0.05) is 6.61 Å². The molecular weight excluding hydrogens is 272 g/mol. The van der Waals surface area contributed by atoms with Gasteiger partial charge in [-0.1, -0.05) is 64.7 Å². The third-order valence-electron chi connectivity index (χ3n) is 2.97. The van der Waals surface area contributed by atoms with Gasteiger partial charge in [-0.3, -0.25) is 0 Å². The van der Waals surface area contributed by atoms with Gasteiger partial charge in [-0.2, -0.15) is 0 Å². The van der Waals surface area contributed by atoms with Gasteiger partial charge in [0.25, 0.3) is 0 Å². The van der Waals surface area contributed by atoms with Crippen LogP contribution in [0.2, 0.25) is 0 Å². The van der Waals surface area contributed by atoms with E-state index in [4.69, 9.17) is 20.1 Å². The topological polar surface area (TPSA) is 87.0 Å². The third kappa shape index (κ3) is 28.3. The van der Waals surface area contributed by atoms with Gasteiger partial charge in [-0.25, -0.2) is 4.79 Å². The zero-order valence-electron chi connectivity index (χ0n) is 13.6. The van der Waals surface area contributed by atoms with Gasteiger partial charge in [0.15, 0.2) is 0 Å². The lowest BCUT2D eigenvalue weighted by atomic mass is 10.1. The van der Waals surface area contributed by atoms with E-state index in [0.29, 0.717) is 6.61 Å². The average molecular weight is 306 g/mol. The molecule has 0 aliphatic rings. The minimum atomic E-state index is -0.878. The van der Waals surface area contributed by atoms with Crippen molar-refractivity contribution < 1.29 is 24.9 Å². The summed E-state index contributed by atoms with van der Waals surface area (Å²) in [5.41, 5.74) is 0. The predicted octanol–water partition coefficient (Wildman–Crippen LogP) is 2.98. The molecule has 0 aliphatic heterocycles. The quantitative estimate of drug-likeness (QED) is 0.429. The van der Waals surface area contributed by atoms with Crippen molar-refractivity contribution in [1.82, 2.24) is 0 Å².